The molecule has 0 bridgehead atoms. The van der Waals surface area contributed by atoms with Crippen LogP contribution in [-0.4, -0.2) is 21.6 Å². The normalized spacial score (nSPS) is 11.0. The molecule has 0 saturated carbocycles. The summed E-state index contributed by atoms with van der Waals surface area (Å²) in [5.74, 6) is 0.586. The predicted octanol–water partition coefficient (Wildman–Crippen LogP) is 3.39. The van der Waals surface area contributed by atoms with E-state index in [1.807, 2.05) is 31.7 Å². The molecule has 1 aromatic heterocycles. The van der Waals surface area contributed by atoms with Crippen LogP contribution < -0.4 is 4.90 Å². The Morgan fingerprint density at radius 1 is 1.33 bits per heavy atom. The number of anilines is 2. The van der Waals surface area contributed by atoms with Crippen molar-refractivity contribution in [3.63, 3.8) is 0 Å². The van der Waals surface area contributed by atoms with Crippen molar-refractivity contribution in [2.45, 2.75) is 33.3 Å². The van der Waals surface area contributed by atoms with Crippen LogP contribution >= 0.6 is 0 Å². The van der Waals surface area contributed by atoms with E-state index in [2.05, 4.69) is 9.97 Å². The van der Waals surface area contributed by atoms with Crippen LogP contribution in [0.4, 0.5) is 15.8 Å². The minimum Gasteiger partial charge on any atom is -0.390 e. The molecule has 5 heteroatoms. The van der Waals surface area contributed by atoms with Gasteiger partial charge in [0.15, 0.2) is 0 Å². The second kappa shape index (κ2) is 6.63. The first kappa shape index (κ1) is 15.4. The summed E-state index contributed by atoms with van der Waals surface area (Å²) < 4.78 is 13.4. The highest BCUT2D eigenvalue weighted by atomic mass is 19.1. The molecule has 1 heterocycles. The Morgan fingerprint density at radius 2 is 2.10 bits per heavy atom. The predicted molar refractivity (Wildman–Crippen MR) is 81.1 cm³/mol. The van der Waals surface area contributed by atoms with Crippen LogP contribution in [0.3, 0.4) is 0 Å². The zero-order valence-corrected chi connectivity index (χ0v) is 12.5. The highest BCUT2D eigenvalue weighted by Gasteiger charge is 2.15. The van der Waals surface area contributed by atoms with Crippen molar-refractivity contribution in [1.29, 1.82) is 0 Å². The Bertz CT molecular complexity index is 616. The topological polar surface area (TPSA) is 49.2 Å². The Hall–Kier alpha value is -2.01. The molecule has 0 fully saturated rings. The molecule has 0 aliphatic rings. The third kappa shape index (κ3) is 3.36. The zero-order valence-electron chi connectivity index (χ0n) is 12.5. The van der Waals surface area contributed by atoms with E-state index in [9.17, 15) is 9.50 Å². The highest BCUT2D eigenvalue weighted by molar-refractivity contribution is 5.64. The van der Waals surface area contributed by atoms with Crippen molar-refractivity contribution in [1.82, 2.24) is 9.97 Å². The molecular weight excluding hydrogens is 269 g/mol. The molecule has 0 aliphatic heterocycles. The molecule has 0 amide bonds. The maximum Gasteiger partial charge on any atom is 0.131 e. The maximum absolute atomic E-state index is 13.4. The number of hydrogen-bond acceptors (Lipinski definition) is 4. The summed E-state index contributed by atoms with van der Waals surface area (Å²) >= 11 is 0. The molecule has 4 nitrogen and oxygen atoms in total. The van der Waals surface area contributed by atoms with Crippen molar-refractivity contribution < 1.29 is 9.50 Å². The fraction of sp³-hybridized carbons (Fsp3) is 0.375. The lowest BCUT2D eigenvalue weighted by Gasteiger charge is -2.25. The number of aromatic nitrogens is 2. The number of nitrogens with zero attached hydrogens (tertiary/aromatic N) is 3. The third-order valence-corrected chi connectivity index (χ3v) is 3.26. The molecule has 2 aromatic rings. The van der Waals surface area contributed by atoms with Gasteiger partial charge in [-0.2, -0.15) is 0 Å². The molecule has 21 heavy (non-hydrogen) atoms. The first-order chi connectivity index (χ1) is 10.1. The van der Waals surface area contributed by atoms with Gasteiger partial charge < -0.3 is 10.0 Å². The monoisotopic (exact) mass is 289 g/mol. The number of halogens is 1. The minimum absolute atomic E-state index is 0.177. The molecule has 0 aliphatic carbocycles. The van der Waals surface area contributed by atoms with Gasteiger partial charge in [-0.25, -0.2) is 14.4 Å². The van der Waals surface area contributed by atoms with Gasteiger partial charge in [0, 0.05) is 18.2 Å². The van der Waals surface area contributed by atoms with Gasteiger partial charge in [0.1, 0.15) is 11.6 Å². The van der Waals surface area contributed by atoms with Gasteiger partial charge in [0.05, 0.1) is 24.2 Å². The van der Waals surface area contributed by atoms with E-state index >= 15 is 0 Å². The zero-order chi connectivity index (χ0) is 15.4. The molecule has 1 aromatic carbocycles. The second-order valence-corrected chi connectivity index (χ2v) is 5.10. The summed E-state index contributed by atoms with van der Waals surface area (Å²) in [7, 11) is 0. The molecule has 0 saturated heterocycles. The van der Waals surface area contributed by atoms with Gasteiger partial charge in [-0.05, 0) is 25.1 Å². The van der Waals surface area contributed by atoms with Gasteiger partial charge in [-0.3, -0.25) is 0 Å². The summed E-state index contributed by atoms with van der Waals surface area (Å²) in [6, 6.07) is 6.35. The standard InChI is InChI=1S/C16H20FN3O/c1-4-20(13-7-5-6-12(17)8-13)15-9-18-16(11(2)3)19-14(15)10-21/h5-9,11,21H,4,10H2,1-3H3. The molecular formula is C16H20FN3O. The van der Waals surface area contributed by atoms with Gasteiger partial charge >= 0.3 is 0 Å². The molecule has 0 spiro atoms. The van der Waals surface area contributed by atoms with E-state index in [1.165, 1.54) is 12.1 Å². The fourth-order valence-corrected chi connectivity index (χ4v) is 2.18. The van der Waals surface area contributed by atoms with Crippen LogP contribution in [0, 0.1) is 5.82 Å². The van der Waals surface area contributed by atoms with Crippen LogP contribution in [0.15, 0.2) is 30.5 Å². The first-order valence-corrected chi connectivity index (χ1v) is 7.06. The lowest BCUT2D eigenvalue weighted by atomic mass is 10.2. The largest absolute Gasteiger partial charge is 0.390 e. The Morgan fingerprint density at radius 3 is 2.67 bits per heavy atom. The molecule has 0 atom stereocenters. The van der Waals surface area contributed by atoms with E-state index < -0.39 is 0 Å². The molecule has 2 rings (SSSR count). The number of aliphatic hydroxyl groups is 1. The number of rotatable bonds is 5. The van der Waals surface area contributed by atoms with E-state index in [1.54, 1.807) is 12.3 Å². The maximum atomic E-state index is 13.4. The number of aliphatic hydroxyl groups excluding tert-OH is 1. The van der Waals surface area contributed by atoms with Crippen molar-refractivity contribution in [2.75, 3.05) is 11.4 Å². The molecule has 112 valence electrons. The number of benzene rings is 1. The average Bonchev–Trinajstić information content (AvgIpc) is 2.48. The van der Waals surface area contributed by atoms with Crippen LogP contribution in [0.5, 0.6) is 0 Å². The van der Waals surface area contributed by atoms with E-state index in [4.69, 9.17) is 0 Å². The Balaban J connectivity index is 2.47. The molecule has 0 unspecified atom stereocenters. The van der Waals surface area contributed by atoms with Gasteiger partial charge in [0.2, 0.25) is 0 Å². The quantitative estimate of drug-likeness (QED) is 0.916. The lowest BCUT2D eigenvalue weighted by molar-refractivity contribution is 0.276. The van der Waals surface area contributed by atoms with E-state index in [0.717, 1.165) is 0 Å². The summed E-state index contributed by atoms with van der Waals surface area (Å²) in [5.41, 5.74) is 1.97. The molecule has 0 radical (unpaired) electrons. The van der Waals surface area contributed by atoms with Crippen molar-refractivity contribution >= 4 is 11.4 Å². The van der Waals surface area contributed by atoms with Gasteiger partial charge in [-0.15, -0.1) is 0 Å². The fourth-order valence-electron chi connectivity index (χ4n) is 2.18. The average molecular weight is 289 g/mol. The SMILES string of the molecule is CCN(c1cccc(F)c1)c1cnc(C(C)C)nc1CO. The summed E-state index contributed by atoms with van der Waals surface area (Å²) in [6.45, 7) is 6.41. The van der Waals surface area contributed by atoms with Crippen molar-refractivity contribution in [2.24, 2.45) is 0 Å². The van der Waals surface area contributed by atoms with Gasteiger partial charge in [0.25, 0.3) is 0 Å². The number of hydrogen-bond donors (Lipinski definition) is 1. The van der Waals surface area contributed by atoms with E-state index in [0.29, 0.717) is 29.4 Å². The summed E-state index contributed by atoms with van der Waals surface area (Å²) in [5, 5.41) is 9.58. The van der Waals surface area contributed by atoms with Gasteiger partial charge in [-0.1, -0.05) is 19.9 Å². The van der Waals surface area contributed by atoms with E-state index in [-0.39, 0.29) is 18.3 Å². The lowest BCUT2D eigenvalue weighted by Crippen LogP contribution is -2.19. The Kier molecular flexibility index (Phi) is 4.85. The van der Waals surface area contributed by atoms with Crippen LogP contribution in [0.1, 0.15) is 38.2 Å². The van der Waals surface area contributed by atoms with Crippen LogP contribution in [0.25, 0.3) is 0 Å². The third-order valence-electron chi connectivity index (χ3n) is 3.26. The van der Waals surface area contributed by atoms with Crippen LogP contribution in [-0.2, 0) is 6.61 Å². The highest BCUT2D eigenvalue weighted by Crippen LogP contribution is 2.28. The first-order valence-electron chi connectivity index (χ1n) is 7.06. The Labute approximate surface area is 124 Å². The molecule has 1 N–H and O–H groups in total. The summed E-state index contributed by atoms with van der Waals surface area (Å²) in [4.78, 5) is 10.6. The van der Waals surface area contributed by atoms with Crippen molar-refractivity contribution in [3.8, 4) is 0 Å². The summed E-state index contributed by atoms with van der Waals surface area (Å²) in [6.07, 6.45) is 1.70. The minimum atomic E-state index is -0.295. The van der Waals surface area contributed by atoms with Crippen LogP contribution in [0.2, 0.25) is 0 Å². The van der Waals surface area contributed by atoms with Crippen molar-refractivity contribution in [3.05, 3.63) is 47.8 Å². The smallest absolute Gasteiger partial charge is 0.131 e. The second-order valence-electron chi connectivity index (χ2n) is 5.10.